The van der Waals surface area contributed by atoms with Crippen molar-refractivity contribution in [2.45, 2.75) is 90.4 Å². The third kappa shape index (κ3) is 15.7. The van der Waals surface area contributed by atoms with Gasteiger partial charge in [-0.25, -0.2) is 68.0 Å². The maximum Gasteiger partial charge on any atom is 0.316 e. The molecule has 0 unspecified atom stereocenters. The Balaban J connectivity index is 0.000000146. The number of nitrogens with one attached hydrogen (secondary N) is 3. The van der Waals surface area contributed by atoms with Gasteiger partial charge in [0.25, 0.3) is 16.7 Å². The zero-order chi connectivity index (χ0) is 78.4. The minimum Gasteiger partial charge on any atom is -0.495 e. The predicted molar refractivity (Wildman–Crippen MR) is 423 cm³/mol. The Labute approximate surface area is 636 Å². The first kappa shape index (κ1) is 74.8. The maximum absolute atomic E-state index is 14.3. The van der Waals surface area contributed by atoms with E-state index >= 15 is 0 Å². The molecule has 14 aromatic rings. The van der Waals surface area contributed by atoms with Crippen molar-refractivity contribution in [1.29, 1.82) is 0 Å². The molecule has 0 aliphatic heterocycles. The minimum absolute atomic E-state index is 0.0569. The van der Waals surface area contributed by atoms with Crippen molar-refractivity contribution in [1.82, 2.24) is 73.5 Å². The van der Waals surface area contributed by atoms with Crippen LogP contribution in [0.15, 0.2) is 202 Å². The summed E-state index contributed by atoms with van der Waals surface area (Å²) >= 11 is 0. The van der Waals surface area contributed by atoms with Crippen molar-refractivity contribution in [2.75, 3.05) is 30.2 Å². The average Bonchev–Trinajstić information content (AvgIpc) is 1.75. The van der Waals surface area contributed by atoms with E-state index in [-0.39, 0.29) is 45.4 Å². The number of fused-ring (bicyclic) bond motifs is 3. The zero-order valence-corrected chi connectivity index (χ0v) is 62.3. The van der Waals surface area contributed by atoms with Crippen LogP contribution in [0, 0.1) is 47.4 Å². The Bertz CT molecular complexity index is 6400. The second-order valence-electron chi connectivity index (χ2n) is 25.8. The molecule has 0 saturated heterocycles. The van der Waals surface area contributed by atoms with Crippen LogP contribution in [0.4, 0.5) is 34.5 Å². The molecule has 29 nitrogen and oxygen atoms in total. The molecule has 1 saturated carbocycles. The van der Waals surface area contributed by atoms with Gasteiger partial charge in [-0.1, -0.05) is 84.9 Å². The quantitative estimate of drug-likeness (QED) is 0.0580. The lowest BCUT2D eigenvalue weighted by Gasteiger charge is -2.21. The lowest BCUT2D eigenvalue weighted by Crippen LogP contribution is -2.28. The van der Waals surface area contributed by atoms with Gasteiger partial charge in [-0.3, -0.25) is 48.0 Å². The van der Waals surface area contributed by atoms with Gasteiger partial charge in [0.2, 0.25) is 27.1 Å². The van der Waals surface area contributed by atoms with E-state index in [0.717, 1.165) is 29.7 Å². The molecule has 0 amide bonds. The fraction of sp³-hybridized carbons (Fsp3) is 0.185. The monoisotopic (exact) mass is 1490 g/mol. The van der Waals surface area contributed by atoms with E-state index in [9.17, 15) is 22.8 Å². The molecule has 1 aliphatic rings. The fourth-order valence-corrected chi connectivity index (χ4v) is 13.3. The van der Waals surface area contributed by atoms with Gasteiger partial charge in [0.05, 0.1) is 107 Å². The van der Waals surface area contributed by atoms with E-state index < -0.39 is 22.1 Å². The molecular formula is C81H70N22O7S. The molecule has 5 N–H and O–H groups in total. The van der Waals surface area contributed by atoms with Gasteiger partial charge < -0.3 is 25.4 Å². The first-order valence-electron chi connectivity index (χ1n) is 34.8. The number of aryl methyl sites for hydroxylation is 4. The number of nitrogens with zero attached hydrogens (tertiary/aromatic N) is 18. The van der Waals surface area contributed by atoms with Gasteiger partial charge in [-0.05, 0) is 144 Å². The third-order valence-corrected chi connectivity index (χ3v) is 19.1. The molecule has 0 spiro atoms. The van der Waals surface area contributed by atoms with Crippen LogP contribution in [0.3, 0.4) is 0 Å². The number of benzene rings is 6. The number of nitrogens with two attached hydrogens (primary N) is 1. The summed E-state index contributed by atoms with van der Waals surface area (Å²) in [4.78, 5) is 106. The van der Waals surface area contributed by atoms with Crippen molar-refractivity contribution < 1.29 is 17.9 Å². The second-order valence-corrected chi connectivity index (χ2v) is 27.4. The second kappa shape index (κ2) is 32.0. The molecule has 8 heterocycles. The van der Waals surface area contributed by atoms with E-state index in [1.165, 1.54) is 42.4 Å². The molecule has 111 heavy (non-hydrogen) atoms. The van der Waals surface area contributed by atoms with Crippen LogP contribution >= 0.6 is 0 Å². The fourth-order valence-electron chi connectivity index (χ4n) is 12.7. The van der Waals surface area contributed by atoms with Gasteiger partial charge in [0.15, 0.2) is 0 Å². The minimum atomic E-state index is -3.94. The van der Waals surface area contributed by atoms with Crippen LogP contribution in [0.5, 0.6) is 11.8 Å². The lowest BCUT2D eigenvalue weighted by atomic mass is 10.0. The highest BCUT2D eigenvalue weighted by atomic mass is 32.2. The highest BCUT2D eigenvalue weighted by molar-refractivity contribution is 7.89. The van der Waals surface area contributed by atoms with Crippen LogP contribution in [0.1, 0.15) is 98.4 Å². The van der Waals surface area contributed by atoms with Crippen LogP contribution in [0.25, 0.3) is 92.0 Å². The van der Waals surface area contributed by atoms with Crippen LogP contribution < -0.4 is 47.2 Å². The predicted octanol–water partition coefficient (Wildman–Crippen LogP) is 14.1. The molecule has 552 valence electrons. The summed E-state index contributed by atoms with van der Waals surface area (Å²) in [5.41, 5.74) is 7.74. The summed E-state index contributed by atoms with van der Waals surface area (Å²) in [6, 6.07) is 41.9. The standard InChI is InChI=1S/C29H25N7O2.C28H23N7O3S.C24H22N8O2/c1-17-25(38-5)14-20(15-31-17)22-12-9-13-23-26(22)29(37)36(21-10-7-6-8-11-21)28(35-23)18(2)33-27-24(30-4)16-32-19(3)34-27;1-17(32-26-24(30-3)16-31-18(2)33-26)27-34-23-14-8-13-22(19-9-7-12-21(15-19)39(29,37)38)25(23)28(36)35(27)20-10-5-4-6-11-20;1-13(29-21-19(25-3)12-26-14(2)30-21)22-31-18-7-5-6-17(15-10-27-24(34-4)28-11-15)20(18)23(33)32(22)16-8-9-16/h6-16,18H,1-3,5H3,(H,32,33,34);4-17H,1-2H3,(H2,29,37,38)(H,31,32,33);5-7,10-13,16H,8-9H2,1-2,4H3,(H,26,29,30)/t18-;17-;13-/m000/s1. The number of sulfonamides is 1. The number of methoxy groups -OCH3 is 2. The molecule has 8 aromatic heterocycles. The Morgan fingerprint density at radius 3 is 1.29 bits per heavy atom. The Hall–Kier alpha value is -14.4. The number of aromatic nitrogens is 15. The molecule has 30 heteroatoms. The average molecular weight is 1500 g/mol. The summed E-state index contributed by atoms with van der Waals surface area (Å²) in [5, 5.41) is 16.4. The van der Waals surface area contributed by atoms with E-state index in [0.29, 0.717) is 136 Å². The normalized spacial score (nSPS) is 12.5. The summed E-state index contributed by atoms with van der Waals surface area (Å²) in [6.45, 7) is 35.1. The Morgan fingerprint density at radius 1 is 0.459 bits per heavy atom. The SMILES string of the molecule is [C-]#[N+]c1cnc(C)nc1N[C@@H](C)c1nc2cccc(-c3cccc(S(N)(=O)=O)c3)c2c(=O)n1-c1ccccc1.[C-]#[N+]c1cnc(C)nc1N[C@@H](C)c1nc2cccc(-c3cnc(C)c(OC)c3)c2c(=O)n1-c1ccccc1.[C-]#[N+]c1cnc(C)nc1N[C@@H](C)c1nc2cccc(-c3cnc(OC)nc3)c2c(=O)n1C1CC1. The smallest absolute Gasteiger partial charge is 0.316 e. The largest absolute Gasteiger partial charge is 0.495 e. The maximum atomic E-state index is 14.3. The third-order valence-electron chi connectivity index (χ3n) is 18.2. The molecular weight excluding hydrogens is 1430 g/mol. The molecule has 15 rings (SSSR count). The number of hydrogen-bond acceptors (Lipinski definition) is 22. The number of ether oxygens (including phenoxy) is 2. The number of pyridine rings is 1. The van der Waals surface area contributed by atoms with E-state index in [1.54, 1.807) is 98.1 Å². The highest BCUT2D eigenvalue weighted by Gasteiger charge is 2.32. The molecule has 3 atom stereocenters. The number of anilines is 3. The lowest BCUT2D eigenvalue weighted by molar-refractivity contribution is 0.380. The summed E-state index contributed by atoms with van der Waals surface area (Å²) in [6.07, 6.45) is 11.3. The van der Waals surface area contributed by atoms with Gasteiger partial charge in [-0.2, -0.15) is 0 Å². The molecule has 1 aliphatic carbocycles. The summed E-state index contributed by atoms with van der Waals surface area (Å²) in [5.74, 6) is 4.87. The summed E-state index contributed by atoms with van der Waals surface area (Å²) < 4.78 is 39.4. The van der Waals surface area contributed by atoms with Gasteiger partial charge >= 0.3 is 6.01 Å². The molecule has 6 aromatic carbocycles. The van der Waals surface area contributed by atoms with Crippen LogP contribution in [-0.4, -0.2) is 96.1 Å². The zero-order valence-electron chi connectivity index (χ0n) is 61.4. The summed E-state index contributed by atoms with van der Waals surface area (Å²) in [7, 11) is -0.840. The first-order valence-corrected chi connectivity index (χ1v) is 36.3. The number of primary sulfonamides is 1. The van der Waals surface area contributed by atoms with E-state index in [1.807, 2.05) is 119 Å². The van der Waals surface area contributed by atoms with Crippen molar-refractivity contribution >= 4 is 77.2 Å². The van der Waals surface area contributed by atoms with Crippen molar-refractivity contribution in [3.8, 4) is 56.5 Å². The Kier molecular flexibility index (Phi) is 21.5. The molecule has 0 radical (unpaired) electrons. The first-order chi connectivity index (χ1) is 53.6. The number of hydrogen-bond donors (Lipinski definition) is 4. The van der Waals surface area contributed by atoms with Crippen LogP contribution in [0.2, 0.25) is 0 Å². The molecule has 0 bridgehead atoms. The highest BCUT2D eigenvalue weighted by Crippen LogP contribution is 2.39. The number of para-hydroxylation sites is 2. The van der Waals surface area contributed by atoms with Gasteiger partial charge in [0.1, 0.15) is 58.1 Å². The van der Waals surface area contributed by atoms with Gasteiger partial charge in [-0.15, -0.1) is 0 Å². The van der Waals surface area contributed by atoms with Crippen LogP contribution in [-0.2, 0) is 10.0 Å². The van der Waals surface area contributed by atoms with E-state index in [2.05, 4.69) is 75.3 Å². The molecule has 1 fully saturated rings. The van der Waals surface area contributed by atoms with E-state index in [4.69, 9.17) is 49.3 Å². The van der Waals surface area contributed by atoms with Crippen molar-refractivity contribution in [2.24, 2.45) is 5.14 Å². The topological polar surface area (TPSA) is 348 Å². The van der Waals surface area contributed by atoms with Crippen molar-refractivity contribution in [3.05, 3.63) is 289 Å². The number of rotatable bonds is 18. The Morgan fingerprint density at radius 2 is 0.865 bits per heavy atom. The van der Waals surface area contributed by atoms with Gasteiger partial charge in [0, 0.05) is 54.3 Å². The van der Waals surface area contributed by atoms with Crippen molar-refractivity contribution in [3.63, 3.8) is 0 Å².